The summed E-state index contributed by atoms with van der Waals surface area (Å²) >= 11 is 0. The van der Waals surface area contributed by atoms with Crippen LogP contribution in [0.4, 0.5) is 0 Å². The van der Waals surface area contributed by atoms with Gasteiger partial charge in [-0.25, -0.2) is 0 Å². The summed E-state index contributed by atoms with van der Waals surface area (Å²) < 4.78 is 0. The first-order chi connectivity index (χ1) is 8.63. The summed E-state index contributed by atoms with van der Waals surface area (Å²) in [5.74, 6) is 0. The molecule has 0 heterocycles. The molecule has 0 saturated carbocycles. The van der Waals surface area contributed by atoms with E-state index in [9.17, 15) is 20.2 Å². The van der Waals surface area contributed by atoms with Crippen molar-refractivity contribution in [1.29, 1.82) is 0 Å². The maximum absolute atomic E-state index is 9.83. The van der Waals surface area contributed by atoms with Crippen LogP contribution in [0.3, 0.4) is 0 Å². The fourth-order valence-electron chi connectivity index (χ4n) is 1.54. The molecule has 0 aliphatic heterocycles. The Kier molecular flexibility index (Phi) is 10.8. The molecule has 18 heavy (non-hydrogen) atoms. The van der Waals surface area contributed by atoms with Gasteiger partial charge >= 0.3 is 0 Å². The van der Waals surface area contributed by atoms with E-state index in [4.69, 9.17) is 0 Å². The quantitative estimate of drug-likeness (QED) is 0.287. The molecule has 106 valence electrons. The van der Waals surface area contributed by atoms with Crippen molar-refractivity contribution in [3.63, 3.8) is 0 Å². The van der Waals surface area contributed by atoms with Gasteiger partial charge in [0.15, 0.2) is 0 Å². The molecule has 0 amide bonds. The van der Waals surface area contributed by atoms with E-state index < -0.39 is 10.2 Å². The van der Waals surface area contributed by atoms with Gasteiger partial charge < -0.3 is 9.68 Å². The number of unbranched alkanes of at least 4 members (excludes halogenated alkanes) is 7. The third kappa shape index (κ3) is 14.4. The highest BCUT2D eigenvalue weighted by molar-refractivity contribution is 4.46. The third-order valence-electron chi connectivity index (χ3n) is 2.43. The average Bonchev–Trinajstić information content (AvgIpc) is 2.29. The fraction of sp³-hybridized carbons (Fsp3) is 1.00. The summed E-state index contributed by atoms with van der Waals surface area (Å²) in [4.78, 5) is 28.0. The summed E-state index contributed by atoms with van der Waals surface area (Å²) in [7, 11) is 0. The Morgan fingerprint density at radius 2 is 0.889 bits per heavy atom. The van der Waals surface area contributed by atoms with Crippen LogP contribution in [0.5, 0.6) is 0 Å². The predicted octanol–water partition coefficient (Wildman–Crippen LogP) is 2.52. The van der Waals surface area contributed by atoms with Gasteiger partial charge in [0.1, 0.15) is 0 Å². The van der Waals surface area contributed by atoms with Crippen LogP contribution in [-0.4, -0.2) is 23.4 Å². The highest BCUT2D eigenvalue weighted by atomic mass is 17.0. The predicted molar refractivity (Wildman–Crippen MR) is 62.8 cm³/mol. The maximum Gasteiger partial charge on any atom is 0.294 e. The standard InChI is InChI=1S/C10H20N2O6/c13-11(14)17-9-7-5-3-1-2-4-6-8-10-18-12(15)16/h1-10H2. The largest absolute Gasteiger partial charge is 0.314 e. The van der Waals surface area contributed by atoms with Crippen LogP contribution in [0.15, 0.2) is 0 Å². The summed E-state index contributed by atoms with van der Waals surface area (Å²) in [6.45, 7) is 0.344. The first-order valence-electron chi connectivity index (χ1n) is 6.17. The van der Waals surface area contributed by atoms with E-state index in [1.54, 1.807) is 0 Å². The molecular weight excluding hydrogens is 244 g/mol. The third-order valence-corrected chi connectivity index (χ3v) is 2.43. The van der Waals surface area contributed by atoms with E-state index in [1.165, 1.54) is 0 Å². The number of rotatable bonds is 13. The van der Waals surface area contributed by atoms with Crippen LogP contribution < -0.4 is 0 Å². The smallest absolute Gasteiger partial charge is 0.294 e. The Labute approximate surface area is 105 Å². The zero-order chi connectivity index (χ0) is 13.6. The second-order valence-corrected chi connectivity index (χ2v) is 3.94. The molecule has 0 aromatic carbocycles. The second-order valence-electron chi connectivity index (χ2n) is 3.94. The van der Waals surface area contributed by atoms with Crippen LogP contribution in [0, 0.1) is 20.2 Å². The highest BCUT2D eigenvalue weighted by Crippen LogP contribution is 2.08. The molecule has 0 radical (unpaired) electrons. The zero-order valence-corrected chi connectivity index (χ0v) is 10.4. The molecular formula is C10H20N2O6. The van der Waals surface area contributed by atoms with Gasteiger partial charge in [0.25, 0.3) is 10.2 Å². The minimum Gasteiger partial charge on any atom is -0.314 e. The van der Waals surface area contributed by atoms with E-state index >= 15 is 0 Å². The molecule has 0 aromatic rings. The molecule has 0 aromatic heterocycles. The van der Waals surface area contributed by atoms with Gasteiger partial charge in [-0.15, -0.1) is 20.2 Å². The van der Waals surface area contributed by atoms with Gasteiger partial charge in [0, 0.05) is 0 Å². The molecule has 0 fully saturated rings. The molecule has 0 rings (SSSR count). The van der Waals surface area contributed by atoms with Crippen molar-refractivity contribution in [2.45, 2.75) is 51.4 Å². The van der Waals surface area contributed by atoms with Crippen molar-refractivity contribution >= 4 is 0 Å². The Balaban J connectivity index is 2.99. The van der Waals surface area contributed by atoms with Crippen LogP contribution in [0.25, 0.3) is 0 Å². The van der Waals surface area contributed by atoms with Gasteiger partial charge in [-0.05, 0) is 12.8 Å². The van der Waals surface area contributed by atoms with Crippen molar-refractivity contribution in [2.24, 2.45) is 0 Å². The molecule has 0 aliphatic carbocycles. The molecule has 0 N–H and O–H groups in total. The molecule has 0 atom stereocenters. The molecule has 0 spiro atoms. The fourth-order valence-corrected chi connectivity index (χ4v) is 1.54. The van der Waals surface area contributed by atoms with Crippen molar-refractivity contribution in [1.82, 2.24) is 0 Å². The topological polar surface area (TPSA) is 105 Å². The number of hydrogen-bond acceptors (Lipinski definition) is 6. The van der Waals surface area contributed by atoms with E-state index in [0.717, 1.165) is 38.5 Å². The Morgan fingerprint density at radius 3 is 1.17 bits per heavy atom. The lowest BCUT2D eigenvalue weighted by atomic mass is 10.1. The molecule has 8 heteroatoms. The Hall–Kier alpha value is -1.60. The van der Waals surface area contributed by atoms with Gasteiger partial charge in [-0.3, -0.25) is 0 Å². The van der Waals surface area contributed by atoms with E-state index in [-0.39, 0.29) is 13.2 Å². The minimum atomic E-state index is -0.771. The maximum atomic E-state index is 9.83. The summed E-state index contributed by atoms with van der Waals surface area (Å²) in [6, 6.07) is 0. The molecule has 0 bridgehead atoms. The van der Waals surface area contributed by atoms with Crippen LogP contribution in [0.1, 0.15) is 51.4 Å². The van der Waals surface area contributed by atoms with Gasteiger partial charge in [-0.2, -0.15) is 0 Å². The Morgan fingerprint density at radius 1 is 0.611 bits per heavy atom. The summed E-state index contributed by atoms with van der Waals surface area (Å²) in [5.41, 5.74) is 0. The van der Waals surface area contributed by atoms with Crippen molar-refractivity contribution in [3.05, 3.63) is 20.2 Å². The van der Waals surface area contributed by atoms with Gasteiger partial charge in [0.2, 0.25) is 0 Å². The lowest BCUT2D eigenvalue weighted by molar-refractivity contribution is -0.757. The van der Waals surface area contributed by atoms with Gasteiger partial charge in [0.05, 0.1) is 13.2 Å². The average molecular weight is 264 g/mol. The first kappa shape index (κ1) is 16.4. The lowest BCUT2D eigenvalue weighted by Crippen LogP contribution is -2.02. The summed E-state index contributed by atoms with van der Waals surface area (Å²) in [6.07, 6.45) is 7.49. The lowest BCUT2D eigenvalue weighted by Gasteiger charge is -2.02. The van der Waals surface area contributed by atoms with Crippen LogP contribution in [-0.2, 0) is 9.68 Å². The van der Waals surface area contributed by atoms with E-state index in [1.807, 2.05) is 0 Å². The van der Waals surface area contributed by atoms with Crippen molar-refractivity contribution < 1.29 is 19.8 Å². The van der Waals surface area contributed by atoms with Gasteiger partial charge in [-0.1, -0.05) is 38.5 Å². The highest BCUT2D eigenvalue weighted by Gasteiger charge is 1.96. The SMILES string of the molecule is O=[N+]([O-])OCCCCCCCCCCO[N+](=O)[O-]. The van der Waals surface area contributed by atoms with Crippen molar-refractivity contribution in [3.8, 4) is 0 Å². The van der Waals surface area contributed by atoms with Crippen LogP contribution >= 0.6 is 0 Å². The van der Waals surface area contributed by atoms with Crippen LogP contribution in [0.2, 0.25) is 0 Å². The summed E-state index contributed by atoms with van der Waals surface area (Å²) in [5, 5.41) is 18.1. The van der Waals surface area contributed by atoms with Crippen molar-refractivity contribution in [2.75, 3.05) is 13.2 Å². The minimum absolute atomic E-state index is 0.172. The molecule has 0 saturated heterocycles. The normalized spacial score (nSPS) is 10.0. The second kappa shape index (κ2) is 11.9. The van der Waals surface area contributed by atoms with E-state index in [0.29, 0.717) is 12.8 Å². The monoisotopic (exact) mass is 264 g/mol. The molecule has 8 nitrogen and oxygen atoms in total. The molecule has 0 unspecified atom stereocenters. The number of nitrogens with zero attached hydrogens (tertiary/aromatic N) is 2. The zero-order valence-electron chi connectivity index (χ0n) is 10.4. The molecule has 0 aliphatic rings. The number of hydrogen-bond donors (Lipinski definition) is 0. The Bertz CT molecular complexity index is 212. The first-order valence-corrected chi connectivity index (χ1v) is 6.17. The van der Waals surface area contributed by atoms with E-state index in [2.05, 4.69) is 9.68 Å².